The Morgan fingerprint density at radius 1 is 1.10 bits per heavy atom. The Bertz CT molecular complexity index is 1370. The smallest absolute Gasteiger partial charge is 0.395 e. The molecule has 0 saturated carbocycles. The van der Waals surface area contributed by atoms with Gasteiger partial charge in [-0.2, -0.15) is 4.98 Å². The summed E-state index contributed by atoms with van der Waals surface area (Å²) >= 11 is 5.89. The van der Waals surface area contributed by atoms with Gasteiger partial charge in [0.2, 0.25) is 0 Å². The Balaban J connectivity index is 1.65. The molecule has 1 aliphatic heterocycles. The lowest BCUT2D eigenvalue weighted by atomic mass is 9.96. The number of aliphatic hydroxyl groups is 2. The monoisotopic (exact) mass is 587 g/mol. The van der Waals surface area contributed by atoms with E-state index in [-0.39, 0.29) is 22.3 Å². The van der Waals surface area contributed by atoms with Crippen molar-refractivity contribution in [3.8, 4) is 11.5 Å². The van der Waals surface area contributed by atoms with E-state index in [1.54, 1.807) is 24.3 Å². The molecule has 2 aromatic carbocycles. The molecule has 210 valence electrons. The van der Waals surface area contributed by atoms with Crippen molar-refractivity contribution in [1.82, 2.24) is 9.55 Å². The van der Waals surface area contributed by atoms with Crippen LogP contribution in [0.3, 0.4) is 0 Å². The zero-order valence-electron chi connectivity index (χ0n) is 20.6. The molecule has 0 bridgehead atoms. The van der Waals surface area contributed by atoms with Crippen molar-refractivity contribution in [2.75, 3.05) is 12.3 Å². The number of hydrogen-bond acceptors (Lipinski definition) is 10. The van der Waals surface area contributed by atoms with E-state index in [0.717, 1.165) is 17.3 Å². The molecule has 4 rings (SSSR count). The van der Waals surface area contributed by atoms with E-state index in [2.05, 4.69) is 4.98 Å². The largest absolute Gasteiger partial charge is 0.587 e. The second-order valence-electron chi connectivity index (χ2n) is 8.89. The molecule has 0 radical (unpaired) electrons. The number of ether oxygens (including phenoxy) is 1. The lowest BCUT2D eigenvalue weighted by molar-refractivity contribution is -0.193. The molecule has 0 aliphatic carbocycles. The Hall–Kier alpha value is -3.06. The SMILES string of the molecule is Cc1ccc(OP(=O)(OC[C@@]2(C(F)F)O[C@@H](n3cc(Cl)c(N)nc3=O)[C@H](O)[C@@H]2O)Oc2ccc(C)cc2)cc1. The maximum absolute atomic E-state index is 14.5. The number of aryl methyl sites for hydroxylation is 2. The van der Waals surface area contributed by atoms with Crippen LogP contribution >= 0.6 is 19.4 Å². The first-order valence-corrected chi connectivity index (χ1v) is 13.3. The average Bonchev–Trinajstić information content (AvgIpc) is 3.14. The Labute approximate surface area is 226 Å². The highest BCUT2D eigenvalue weighted by atomic mass is 35.5. The number of aliphatic hydroxyl groups excluding tert-OH is 2. The highest BCUT2D eigenvalue weighted by Gasteiger charge is 2.62. The fourth-order valence-corrected chi connectivity index (χ4v) is 5.15. The zero-order chi connectivity index (χ0) is 28.5. The number of anilines is 1. The third kappa shape index (κ3) is 6.08. The summed E-state index contributed by atoms with van der Waals surface area (Å²) < 4.78 is 64.8. The van der Waals surface area contributed by atoms with Crippen molar-refractivity contribution in [3.05, 3.63) is 81.4 Å². The molecule has 15 heteroatoms. The van der Waals surface area contributed by atoms with Crippen LogP contribution < -0.4 is 20.5 Å². The number of rotatable bonds is 9. The lowest BCUT2D eigenvalue weighted by Gasteiger charge is -2.31. The summed E-state index contributed by atoms with van der Waals surface area (Å²) in [6.45, 7) is 2.34. The van der Waals surface area contributed by atoms with Gasteiger partial charge in [-0.25, -0.2) is 18.1 Å². The zero-order valence-corrected chi connectivity index (χ0v) is 22.3. The summed E-state index contributed by atoms with van der Waals surface area (Å²) in [6, 6.07) is 12.5. The molecule has 0 spiro atoms. The topological polar surface area (TPSA) is 155 Å². The van der Waals surface area contributed by atoms with E-state index in [1.165, 1.54) is 24.3 Å². The molecular formula is C24H25ClF2N3O8P. The van der Waals surface area contributed by atoms with Crippen LogP contribution in [0.4, 0.5) is 14.6 Å². The van der Waals surface area contributed by atoms with Crippen LogP contribution in [0.2, 0.25) is 5.02 Å². The van der Waals surface area contributed by atoms with E-state index in [9.17, 15) is 28.4 Å². The van der Waals surface area contributed by atoms with Crippen LogP contribution in [0.25, 0.3) is 0 Å². The fourth-order valence-electron chi connectivity index (χ4n) is 3.74. The van der Waals surface area contributed by atoms with Gasteiger partial charge in [0.1, 0.15) is 29.5 Å². The highest BCUT2D eigenvalue weighted by Crippen LogP contribution is 2.52. The first-order chi connectivity index (χ1) is 18.3. The number of benzene rings is 2. The van der Waals surface area contributed by atoms with Crippen molar-refractivity contribution in [2.45, 2.75) is 44.3 Å². The van der Waals surface area contributed by atoms with Crippen LogP contribution in [0.5, 0.6) is 11.5 Å². The Kier molecular flexibility index (Phi) is 8.31. The van der Waals surface area contributed by atoms with Gasteiger partial charge < -0.3 is 29.7 Å². The number of phosphoric acid groups is 1. The van der Waals surface area contributed by atoms with Gasteiger partial charge in [0.25, 0.3) is 6.43 Å². The number of phosphoric ester groups is 1. The molecule has 2 heterocycles. The normalized spacial score (nSPS) is 23.2. The first kappa shape index (κ1) is 28.9. The molecule has 4 atom stereocenters. The summed E-state index contributed by atoms with van der Waals surface area (Å²) in [4.78, 5) is 15.8. The molecule has 1 aromatic heterocycles. The predicted molar refractivity (Wildman–Crippen MR) is 136 cm³/mol. The van der Waals surface area contributed by atoms with E-state index < -0.39 is 50.6 Å². The molecule has 4 N–H and O–H groups in total. The van der Waals surface area contributed by atoms with Crippen LogP contribution in [-0.4, -0.2) is 50.6 Å². The number of nitrogens with two attached hydrogens (primary N) is 1. The molecular weight excluding hydrogens is 563 g/mol. The van der Waals surface area contributed by atoms with E-state index in [0.29, 0.717) is 4.57 Å². The molecule has 1 fully saturated rings. The van der Waals surface area contributed by atoms with Crippen LogP contribution in [0.15, 0.2) is 59.5 Å². The Morgan fingerprint density at radius 3 is 2.10 bits per heavy atom. The van der Waals surface area contributed by atoms with Crippen molar-refractivity contribution in [2.24, 2.45) is 0 Å². The number of nitrogen functional groups attached to an aromatic ring is 1. The maximum Gasteiger partial charge on any atom is 0.587 e. The van der Waals surface area contributed by atoms with Gasteiger partial charge in [0.15, 0.2) is 11.8 Å². The van der Waals surface area contributed by atoms with Crippen molar-refractivity contribution in [3.63, 3.8) is 0 Å². The van der Waals surface area contributed by atoms with Gasteiger partial charge in [-0.1, -0.05) is 47.0 Å². The minimum absolute atomic E-state index is 0.0436. The van der Waals surface area contributed by atoms with Gasteiger partial charge in [-0.15, -0.1) is 0 Å². The van der Waals surface area contributed by atoms with Gasteiger partial charge >= 0.3 is 13.5 Å². The number of nitrogens with zero attached hydrogens (tertiary/aromatic N) is 2. The standard InChI is InChI=1S/C24H25ClF2N3O8P/c1-13-3-7-15(8-4-13)37-39(34,38-16-9-5-14(2)6-10-16)35-12-24(22(26)27)19(32)18(31)21(36-24)30-11-17(25)20(28)29-23(30)33/h3-11,18-19,21-22,31-32H,12H2,1-2H3,(H2,28,29,33)/t18-,19+,21-,24-/m1/s1. The molecule has 11 nitrogen and oxygen atoms in total. The number of aromatic nitrogens is 2. The van der Waals surface area contributed by atoms with Crippen molar-refractivity contribution in [1.29, 1.82) is 0 Å². The maximum atomic E-state index is 14.5. The van der Waals surface area contributed by atoms with Crippen LogP contribution in [-0.2, 0) is 13.8 Å². The Morgan fingerprint density at radius 2 is 1.62 bits per heavy atom. The summed E-state index contributed by atoms with van der Waals surface area (Å²) in [5.74, 6) is -0.249. The predicted octanol–water partition coefficient (Wildman–Crippen LogP) is 3.63. The van der Waals surface area contributed by atoms with Crippen molar-refractivity contribution >= 4 is 25.2 Å². The van der Waals surface area contributed by atoms with E-state index >= 15 is 0 Å². The van der Waals surface area contributed by atoms with Gasteiger partial charge in [-0.3, -0.25) is 9.09 Å². The molecule has 1 aliphatic rings. The minimum atomic E-state index is -4.71. The molecule has 39 heavy (non-hydrogen) atoms. The summed E-state index contributed by atoms with van der Waals surface area (Å²) in [6.07, 6.45) is -8.85. The summed E-state index contributed by atoms with van der Waals surface area (Å²) in [7, 11) is -4.71. The van der Waals surface area contributed by atoms with Crippen molar-refractivity contribution < 1.29 is 41.9 Å². The van der Waals surface area contributed by atoms with E-state index in [4.69, 9.17) is 35.6 Å². The second-order valence-corrected chi connectivity index (χ2v) is 10.8. The number of hydrogen-bond donors (Lipinski definition) is 3. The second kappa shape index (κ2) is 11.2. The number of halogens is 3. The third-order valence-corrected chi connectivity index (χ3v) is 7.56. The minimum Gasteiger partial charge on any atom is -0.395 e. The summed E-state index contributed by atoms with van der Waals surface area (Å²) in [5, 5.41) is 21.0. The van der Waals surface area contributed by atoms with Gasteiger partial charge in [0, 0.05) is 6.20 Å². The number of alkyl halides is 2. The molecule has 1 saturated heterocycles. The quantitative estimate of drug-likeness (QED) is 0.316. The molecule has 0 unspecified atom stereocenters. The summed E-state index contributed by atoms with van der Waals surface area (Å²) in [5.41, 5.74) is 3.15. The van der Waals surface area contributed by atoms with Gasteiger partial charge in [-0.05, 0) is 38.1 Å². The molecule has 0 amide bonds. The fraction of sp³-hybridized carbons (Fsp3) is 0.333. The first-order valence-electron chi connectivity index (χ1n) is 11.5. The van der Waals surface area contributed by atoms with Gasteiger partial charge in [0.05, 0.1) is 11.6 Å². The molecule has 3 aromatic rings. The van der Waals surface area contributed by atoms with Crippen LogP contribution in [0, 0.1) is 13.8 Å². The third-order valence-electron chi connectivity index (χ3n) is 5.96. The average molecular weight is 588 g/mol. The highest BCUT2D eigenvalue weighted by molar-refractivity contribution is 7.49. The van der Waals surface area contributed by atoms with Crippen LogP contribution in [0.1, 0.15) is 17.4 Å². The lowest BCUT2D eigenvalue weighted by Crippen LogP contribution is -2.52. The van der Waals surface area contributed by atoms with E-state index in [1.807, 2.05) is 13.8 Å².